The maximum Gasteiger partial charge on any atom is 0.390 e. The van der Waals surface area contributed by atoms with Crippen LogP contribution in [0.25, 0.3) is 0 Å². The lowest BCUT2D eigenvalue weighted by molar-refractivity contribution is -0.138. The average Bonchev–Trinajstić information content (AvgIpc) is 2.01. The molecule has 78 valence electrons. The zero-order valence-corrected chi connectivity index (χ0v) is 7.81. The van der Waals surface area contributed by atoms with E-state index in [-0.39, 0.29) is 10.7 Å². The number of rotatable bonds is 2. The van der Waals surface area contributed by atoms with Crippen LogP contribution in [0.3, 0.4) is 0 Å². The number of alkyl halides is 3. The third kappa shape index (κ3) is 3.16. The van der Waals surface area contributed by atoms with Crippen molar-refractivity contribution in [3.8, 4) is 0 Å². The molecule has 1 aromatic rings. The summed E-state index contributed by atoms with van der Waals surface area (Å²) in [6.45, 7) is 0. The van der Waals surface area contributed by atoms with Crippen LogP contribution < -0.4 is 5.73 Å². The first kappa shape index (κ1) is 11.3. The quantitative estimate of drug-likeness (QED) is 0.785. The van der Waals surface area contributed by atoms with Gasteiger partial charge in [0.1, 0.15) is 5.15 Å². The molecule has 0 saturated heterocycles. The van der Waals surface area contributed by atoms with Crippen molar-refractivity contribution in [1.82, 2.24) is 4.98 Å². The standard InChI is InChI=1S/C8H8ClF3N2/c9-7-5(2-1-3-14-7)6(13)4-8(10,11)12/h1-3,6H,4,13H2/t6-/m1/s1. The minimum Gasteiger partial charge on any atom is -0.324 e. The summed E-state index contributed by atoms with van der Waals surface area (Å²) < 4.78 is 35.9. The summed E-state index contributed by atoms with van der Waals surface area (Å²) in [4.78, 5) is 3.65. The predicted octanol–water partition coefficient (Wildman–Crippen LogP) is 2.69. The Kier molecular flexibility index (Phi) is 3.34. The van der Waals surface area contributed by atoms with E-state index in [0.29, 0.717) is 0 Å². The Morgan fingerprint density at radius 1 is 1.50 bits per heavy atom. The van der Waals surface area contributed by atoms with Crippen molar-refractivity contribution < 1.29 is 13.2 Å². The third-order valence-electron chi connectivity index (χ3n) is 1.64. The minimum atomic E-state index is -4.29. The van der Waals surface area contributed by atoms with E-state index in [1.54, 1.807) is 0 Å². The molecular weight excluding hydrogens is 217 g/mol. The molecular formula is C8H8ClF3N2. The van der Waals surface area contributed by atoms with Gasteiger partial charge in [-0.25, -0.2) is 4.98 Å². The highest BCUT2D eigenvalue weighted by Gasteiger charge is 2.31. The summed E-state index contributed by atoms with van der Waals surface area (Å²) in [5.41, 5.74) is 5.55. The Morgan fingerprint density at radius 3 is 2.64 bits per heavy atom. The maximum atomic E-state index is 12.0. The van der Waals surface area contributed by atoms with Gasteiger partial charge in [-0.1, -0.05) is 17.7 Å². The highest BCUT2D eigenvalue weighted by atomic mass is 35.5. The van der Waals surface area contributed by atoms with E-state index in [0.717, 1.165) is 0 Å². The average molecular weight is 225 g/mol. The molecule has 1 heterocycles. The number of aromatic nitrogens is 1. The number of nitrogens with two attached hydrogens (primary N) is 1. The highest BCUT2D eigenvalue weighted by molar-refractivity contribution is 6.30. The fourth-order valence-corrected chi connectivity index (χ4v) is 1.29. The first-order valence-electron chi connectivity index (χ1n) is 3.83. The van der Waals surface area contributed by atoms with Crippen LogP contribution >= 0.6 is 11.6 Å². The Morgan fingerprint density at radius 2 is 2.14 bits per heavy atom. The molecule has 6 heteroatoms. The van der Waals surface area contributed by atoms with Gasteiger partial charge in [-0.3, -0.25) is 0 Å². The molecule has 0 fully saturated rings. The summed E-state index contributed by atoms with van der Waals surface area (Å²) in [6, 6.07) is 1.78. The zero-order chi connectivity index (χ0) is 10.8. The molecule has 0 aliphatic heterocycles. The molecule has 0 aliphatic carbocycles. The number of pyridine rings is 1. The molecule has 0 amide bonds. The summed E-state index contributed by atoms with van der Waals surface area (Å²) in [7, 11) is 0. The van der Waals surface area contributed by atoms with E-state index >= 15 is 0 Å². The summed E-state index contributed by atoms with van der Waals surface area (Å²) in [5.74, 6) is 0. The first-order chi connectivity index (χ1) is 6.40. The molecule has 2 N–H and O–H groups in total. The van der Waals surface area contributed by atoms with Crippen molar-refractivity contribution in [2.75, 3.05) is 0 Å². The molecule has 1 aromatic heterocycles. The van der Waals surface area contributed by atoms with Crippen molar-refractivity contribution in [1.29, 1.82) is 0 Å². The van der Waals surface area contributed by atoms with Gasteiger partial charge in [0, 0.05) is 17.8 Å². The SMILES string of the molecule is N[C@H](CC(F)(F)F)c1cccnc1Cl. The second-order valence-electron chi connectivity index (χ2n) is 2.81. The minimum absolute atomic E-state index is 0.0178. The molecule has 1 rings (SSSR count). The summed E-state index contributed by atoms with van der Waals surface area (Å²) >= 11 is 5.59. The highest BCUT2D eigenvalue weighted by Crippen LogP contribution is 2.30. The van der Waals surface area contributed by atoms with E-state index < -0.39 is 18.6 Å². The smallest absolute Gasteiger partial charge is 0.324 e. The first-order valence-corrected chi connectivity index (χ1v) is 4.20. The lowest BCUT2D eigenvalue weighted by atomic mass is 10.1. The van der Waals surface area contributed by atoms with Gasteiger partial charge in [-0.15, -0.1) is 0 Å². The van der Waals surface area contributed by atoms with Gasteiger partial charge in [0.15, 0.2) is 0 Å². The molecule has 0 radical (unpaired) electrons. The van der Waals surface area contributed by atoms with Crippen LogP contribution in [-0.2, 0) is 0 Å². The van der Waals surface area contributed by atoms with Crippen LogP contribution in [0.5, 0.6) is 0 Å². The van der Waals surface area contributed by atoms with Crippen molar-refractivity contribution in [2.45, 2.75) is 18.6 Å². The number of nitrogens with zero attached hydrogens (tertiary/aromatic N) is 1. The predicted molar refractivity (Wildman–Crippen MR) is 46.8 cm³/mol. The van der Waals surface area contributed by atoms with E-state index in [2.05, 4.69) is 4.98 Å². The van der Waals surface area contributed by atoms with Crippen molar-refractivity contribution in [2.24, 2.45) is 5.73 Å². The van der Waals surface area contributed by atoms with Crippen LogP contribution in [0.1, 0.15) is 18.0 Å². The maximum absolute atomic E-state index is 12.0. The van der Waals surface area contributed by atoms with Gasteiger partial charge < -0.3 is 5.73 Å². The van der Waals surface area contributed by atoms with Gasteiger partial charge >= 0.3 is 6.18 Å². The van der Waals surface area contributed by atoms with Crippen LogP contribution in [0.2, 0.25) is 5.15 Å². The largest absolute Gasteiger partial charge is 0.390 e. The van der Waals surface area contributed by atoms with Crippen LogP contribution in [-0.4, -0.2) is 11.2 Å². The molecule has 0 saturated carbocycles. The fourth-order valence-electron chi connectivity index (χ4n) is 1.03. The topological polar surface area (TPSA) is 38.9 Å². The zero-order valence-electron chi connectivity index (χ0n) is 7.05. The Balaban J connectivity index is 2.80. The Bertz CT molecular complexity index is 314. The summed E-state index contributed by atoms with van der Waals surface area (Å²) in [5, 5.41) is 0.0178. The third-order valence-corrected chi connectivity index (χ3v) is 1.95. The van der Waals surface area contributed by atoms with E-state index in [4.69, 9.17) is 17.3 Å². The van der Waals surface area contributed by atoms with Gasteiger partial charge in [-0.2, -0.15) is 13.2 Å². The molecule has 0 aliphatic rings. The lowest BCUT2D eigenvalue weighted by Gasteiger charge is -2.14. The van der Waals surface area contributed by atoms with Crippen molar-refractivity contribution in [3.05, 3.63) is 29.0 Å². The number of halogens is 4. The van der Waals surface area contributed by atoms with E-state index in [1.807, 2.05) is 0 Å². The molecule has 0 spiro atoms. The lowest BCUT2D eigenvalue weighted by Crippen LogP contribution is -2.20. The van der Waals surface area contributed by atoms with Gasteiger partial charge in [0.05, 0.1) is 6.42 Å². The second-order valence-corrected chi connectivity index (χ2v) is 3.17. The van der Waals surface area contributed by atoms with Crippen molar-refractivity contribution in [3.63, 3.8) is 0 Å². The Hall–Kier alpha value is -0.810. The molecule has 2 nitrogen and oxygen atoms in total. The van der Waals surface area contributed by atoms with Crippen LogP contribution in [0, 0.1) is 0 Å². The van der Waals surface area contributed by atoms with Gasteiger partial charge in [0.2, 0.25) is 0 Å². The van der Waals surface area contributed by atoms with Crippen LogP contribution in [0.15, 0.2) is 18.3 Å². The molecule has 1 atom stereocenters. The van der Waals surface area contributed by atoms with Gasteiger partial charge in [0.25, 0.3) is 0 Å². The van der Waals surface area contributed by atoms with Crippen LogP contribution in [0.4, 0.5) is 13.2 Å². The fraction of sp³-hybridized carbons (Fsp3) is 0.375. The van der Waals surface area contributed by atoms with Gasteiger partial charge in [-0.05, 0) is 6.07 Å². The number of hydrogen-bond acceptors (Lipinski definition) is 2. The summed E-state index contributed by atoms with van der Waals surface area (Å²) in [6.07, 6.45) is -4.00. The molecule has 0 unspecified atom stereocenters. The monoisotopic (exact) mass is 224 g/mol. The number of hydrogen-bond donors (Lipinski definition) is 1. The Labute approximate surface area is 83.9 Å². The van der Waals surface area contributed by atoms with E-state index in [1.165, 1.54) is 18.3 Å². The normalized spacial score (nSPS) is 14.1. The van der Waals surface area contributed by atoms with Crippen molar-refractivity contribution >= 4 is 11.6 Å². The molecule has 0 aromatic carbocycles. The molecule has 0 bridgehead atoms. The molecule has 14 heavy (non-hydrogen) atoms. The second kappa shape index (κ2) is 4.14. The van der Waals surface area contributed by atoms with E-state index in [9.17, 15) is 13.2 Å².